The lowest BCUT2D eigenvalue weighted by Crippen LogP contribution is -2.17. The molecule has 0 atom stereocenters. The number of carbonyl (C=O) groups excluding carboxylic acids is 1. The summed E-state index contributed by atoms with van der Waals surface area (Å²) in [5.41, 5.74) is 0.631. The van der Waals surface area contributed by atoms with Crippen LogP contribution in [0.2, 0.25) is 0 Å². The number of hydrogen-bond acceptors (Lipinski definition) is 6. The first-order chi connectivity index (χ1) is 14.7. The number of aromatic nitrogens is 2. The van der Waals surface area contributed by atoms with Gasteiger partial charge in [-0.25, -0.2) is 8.42 Å². The van der Waals surface area contributed by atoms with Crippen molar-refractivity contribution in [3.8, 4) is 11.5 Å². The number of sulfonamides is 1. The van der Waals surface area contributed by atoms with Crippen molar-refractivity contribution < 1.29 is 31.5 Å². The number of hydrogen-bond donors (Lipinski definition) is 2. The highest BCUT2D eigenvalue weighted by Crippen LogP contribution is 2.30. The van der Waals surface area contributed by atoms with Crippen molar-refractivity contribution in [2.75, 3.05) is 17.1 Å². The number of anilines is 2. The number of ether oxygens (including phenoxy) is 2. The molecule has 0 saturated carbocycles. The van der Waals surface area contributed by atoms with Gasteiger partial charge in [0, 0.05) is 31.1 Å². The fourth-order valence-corrected chi connectivity index (χ4v) is 3.91. The Bertz CT molecular complexity index is 1200. The second-order valence-corrected chi connectivity index (χ2v) is 7.82. The van der Waals surface area contributed by atoms with Gasteiger partial charge in [0.2, 0.25) is 0 Å². The molecule has 0 fully saturated rings. The van der Waals surface area contributed by atoms with Crippen molar-refractivity contribution in [3.05, 3.63) is 60.4 Å². The highest BCUT2D eigenvalue weighted by Gasteiger charge is 2.21. The van der Waals surface area contributed by atoms with Crippen molar-refractivity contribution in [1.82, 2.24) is 9.78 Å². The number of methoxy groups -OCH3 is 1. The third-order valence-electron chi connectivity index (χ3n) is 4.08. The van der Waals surface area contributed by atoms with Gasteiger partial charge in [0.25, 0.3) is 15.9 Å². The van der Waals surface area contributed by atoms with Crippen molar-refractivity contribution >= 4 is 27.3 Å². The van der Waals surface area contributed by atoms with Gasteiger partial charge < -0.3 is 14.8 Å². The number of amides is 1. The zero-order valence-electron chi connectivity index (χ0n) is 16.4. The predicted molar refractivity (Wildman–Crippen MR) is 108 cm³/mol. The van der Waals surface area contributed by atoms with Gasteiger partial charge in [0.1, 0.15) is 22.1 Å². The molecule has 1 heterocycles. The number of aryl methyl sites for hydroxylation is 1. The van der Waals surface area contributed by atoms with E-state index in [1.54, 1.807) is 7.05 Å². The van der Waals surface area contributed by atoms with Gasteiger partial charge >= 0.3 is 6.61 Å². The molecule has 0 aliphatic heterocycles. The second-order valence-electron chi connectivity index (χ2n) is 6.17. The van der Waals surface area contributed by atoms with Gasteiger partial charge in [0.05, 0.1) is 12.8 Å². The van der Waals surface area contributed by atoms with Gasteiger partial charge in [0.15, 0.2) is 0 Å². The van der Waals surface area contributed by atoms with E-state index in [1.165, 1.54) is 60.5 Å². The van der Waals surface area contributed by atoms with E-state index in [0.717, 1.165) is 6.07 Å². The van der Waals surface area contributed by atoms with Crippen LogP contribution in [0.15, 0.2) is 59.6 Å². The standard InChI is InChI=1S/C19H18F2N4O5S/c1-25-15(8-9-22-25)18(26)23-12-6-7-17(16(11-12)29-2)31(27,28)24-13-4-3-5-14(10-13)30-19(20)21/h3-11,19,24H,1-2H3,(H,23,26). The molecule has 12 heteroatoms. The van der Waals surface area contributed by atoms with E-state index in [0.29, 0.717) is 11.4 Å². The summed E-state index contributed by atoms with van der Waals surface area (Å²) in [6.07, 6.45) is 1.47. The Hall–Kier alpha value is -3.67. The number of benzene rings is 2. The summed E-state index contributed by atoms with van der Waals surface area (Å²) < 4.78 is 63.5. The van der Waals surface area contributed by atoms with Crippen LogP contribution in [0, 0.1) is 0 Å². The molecule has 9 nitrogen and oxygen atoms in total. The van der Waals surface area contributed by atoms with E-state index in [9.17, 15) is 22.0 Å². The molecule has 0 unspecified atom stereocenters. The highest BCUT2D eigenvalue weighted by molar-refractivity contribution is 7.92. The van der Waals surface area contributed by atoms with E-state index >= 15 is 0 Å². The van der Waals surface area contributed by atoms with Gasteiger partial charge in [-0.2, -0.15) is 13.9 Å². The first kappa shape index (κ1) is 22.0. The van der Waals surface area contributed by atoms with Gasteiger partial charge in [-0.05, 0) is 30.3 Å². The maximum Gasteiger partial charge on any atom is 0.387 e. The molecule has 31 heavy (non-hydrogen) atoms. The van der Waals surface area contributed by atoms with Crippen LogP contribution in [-0.4, -0.2) is 37.8 Å². The zero-order chi connectivity index (χ0) is 22.6. The van der Waals surface area contributed by atoms with E-state index in [-0.39, 0.29) is 22.1 Å². The largest absolute Gasteiger partial charge is 0.495 e. The second kappa shape index (κ2) is 9.00. The molecule has 0 radical (unpaired) electrons. The van der Waals surface area contributed by atoms with Crippen molar-refractivity contribution in [2.24, 2.45) is 7.05 Å². The smallest absolute Gasteiger partial charge is 0.387 e. The molecule has 0 aliphatic carbocycles. The SMILES string of the molecule is COc1cc(NC(=O)c2ccnn2C)ccc1S(=O)(=O)Nc1cccc(OC(F)F)c1. The number of nitrogens with zero attached hydrogens (tertiary/aromatic N) is 2. The maximum atomic E-state index is 12.8. The molecular weight excluding hydrogens is 434 g/mol. The lowest BCUT2D eigenvalue weighted by molar-refractivity contribution is -0.0498. The third-order valence-corrected chi connectivity index (χ3v) is 5.50. The molecule has 2 aromatic carbocycles. The van der Waals surface area contributed by atoms with Gasteiger partial charge in [-0.1, -0.05) is 6.07 Å². The van der Waals surface area contributed by atoms with Gasteiger partial charge in [-0.3, -0.25) is 14.2 Å². The molecule has 164 valence electrons. The van der Waals surface area contributed by atoms with E-state index < -0.39 is 22.5 Å². The van der Waals surface area contributed by atoms with Crippen LogP contribution in [0.4, 0.5) is 20.2 Å². The Labute approximate surface area is 176 Å². The molecule has 1 aromatic heterocycles. The summed E-state index contributed by atoms with van der Waals surface area (Å²) in [7, 11) is -1.26. The van der Waals surface area contributed by atoms with Crippen LogP contribution in [0.3, 0.4) is 0 Å². The normalized spacial score (nSPS) is 11.3. The van der Waals surface area contributed by atoms with Crippen LogP contribution < -0.4 is 19.5 Å². The molecule has 1 amide bonds. The summed E-state index contributed by atoms with van der Waals surface area (Å²) >= 11 is 0. The monoisotopic (exact) mass is 452 g/mol. The summed E-state index contributed by atoms with van der Waals surface area (Å²) in [5.74, 6) is -0.669. The maximum absolute atomic E-state index is 12.8. The minimum atomic E-state index is -4.14. The quantitative estimate of drug-likeness (QED) is 0.543. The summed E-state index contributed by atoms with van der Waals surface area (Å²) in [6.45, 7) is -3.04. The average molecular weight is 452 g/mol. The zero-order valence-corrected chi connectivity index (χ0v) is 17.2. The predicted octanol–water partition coefficient (Wildman–Crippen LogP) is 3.08. The fourth-order valence-electron chi connectivity index (χ4n) is 2.71. The third kappa shape index (κ3) is 5.28. The summed E-state index contributed by atoms with van der Waals surface area (Å²) in [5, 5.41) is 6.55. The molecule has 0 bridgehead atoms. The molecule has 0 aliphatic rings. The number of alkyl halides is 2. The van der Waals surface area contributed by atoms with Crippen LogP contribution >= 0.6 is 0 Å². The van der Waals surface area contributed by atoms with Crippen LogP contribution in [0.5, 0.6) is 11.5 Å². The van der Waals surface area contributed by atoms with E-state index in [1.807, 2.05) is 0 Å². The minimum absolute atomic E-state index is 0.0220. The van der Waals surface area contributed by atoms with E-state index in [2.05, 4.69) is 19.9 Å². The number of nitrogens with one attached hydrogen (secondary N) is 2. The first-order valence-electron chi connectivity index (χ1n) is 8.74. The van der Waals surface area contributed by atoms with Crippen molar-refractivity contribution in [2.45, 2.75) is 11.5 Å². The number of rotatable bonds is 8. The topological polar surface area (TPSA) is 112 Å². The summed E-state index contributed by atoms with van der Waals surface area (Å²) in [4.78, 5) is 12.1. The number of carbonyl (C=O) groups is 1. The summed E-state index contributed by atoms with van der Waals surface area (Å²) in [6, 6.07) is 10.7. The van der Waals surface area contributed by atoms with Gasteiger partial charge in [-0.15, -0.1) is 0 Å². The Morgan fingerprint density at radius 3 is 2.55 bits per heavy atom. The highest BCUT2D eigenvalue weighted by atomic mass is 32.2. The van der Waals surface area contributed by atoms with E-state index in [4.69, 9.17) is 4.74 Å². The average Bonchev–Trinajstić information content (AvgIpc) is 3.13. The van der Waals surface area contributed by atoms with Crippen molar-refractivity contribution in [3.63, 3.8) is 0 Å². The molecule has 2 N–H and O–H groups in total. The Morgan fingerprint density at radius 1 is 1.13 bits per heavy atom. The molecule has 3 rings (SSSR count). The van der Waals surface area contributed by atoms with Crippen molar-refractivity contribution in [1.29, 1.82) is 0 Å². The Morgan fingerprint density at radius 2 is 1.90 bits per heavy atom. The minimum Gasteiger partial charge on any atom is -0.495 e. The van der Waals surface area contributed by atoms with Crippen LogP contribution in [-0.2, 0) is 17.1 Å². The molecular formula is C19H18F2N4O5S. The number of halogens is 2. The molecule has 0 spiro atoms. The Kier molecular flexibility index (Phi) is 6.39. The lowest BCUT2D eigenvalue weighted by atomic mass is 10.3. The molecule has 3 aromatic rings. The van der Waals surface area contributed by atoms with Crippen LogP contribution in [0.1, 0.15) is 10.5 Å². The first-order valence-corrected chi connectivity index (χ1v) is 10.2. The molecule has 0 saturated heterocycles. The lowest BCUT2D eigenvalue weighted by Gasteiger charge is -2.14. The Balaban J connectivity index is 1.83. The van der Waals surface area contributed by atoms with Crippen LogP contribution in [0.25, 0.3) is 0 Å². The fraction of sp³-hybridized carbons (Fsp3) is 0.158.